The number of hydrogen-bond acceptors (Lipinski definition) is 8. The molecule has 3 aromatic rings. The standard InChI is InChI=1S/C38H50N8O3/c1-6-40-35-24(3)32(19-23(2)34(35)36(39)47)38(49)43-28-20-30-12-13-31(21-28)46(30)33-14-9-27(22-41-33)37(48)42-25(4)26-7-10-29(11-8-26)45-17-15-44(5)16-18-45/h7-11,14,19,22,25,28,30-31,40H,6,12-13,15-18,20-21H2,1-5H3,(H2,39,47)(H,42,48)(H,43,49)/t25-,28?,30?,31?/m0/s1. The number of carbonyl (C=O) groups is 3. The van der Waals surface area contributed by atoms with Crippen molar-refractivity contribution in [2.75, 3.05) is 54.9 Å². The zero-order valence-corrected chi connectivity index (χ0v) is 29.4. The molecule has 49 heavy (non-hydrogen) atoms. The average Bonchev–Trinajstić information content (AvgIpc) is 3.36. The number of benzene rings is 2. The molecule has 3 fully saturated rings. The summed E-state index contributed by atoms with van der Waals surface area (Å²) in [6.07, 6.45) is 5.36. The fraction of sp³-hybridized carbons (Fsp3) is 0.474. The van der Waals surface area contributed by atoms with Gasteiger partial charge in [0.05, 0.1) is 22.9 Å². The molecule has 260 valence electrons. The number of hydrogen-bond donors (Lipinski definition) is 4. The molecule has 1 aromatic heterocycles. The number of piperazine rings is 1. The molecule has 2 bridgehead atoms. The molecule has 3 atom stereocenters. The van der Waals surface area contributed by atoms with Crippen LogP contribution in [0, 0.1) is 13.8 Å². The number of nitrogens with two attached hydrogens (primary N) is 1. The summed E-state index contributed by atoms with van der Waals surface area (Å²) in [5, 5.41) is 9.65. The third-order valence-corrected chi connectivity index (χ3v) is 10.6. The van der Waals surface area contributed by atoms with Gasteiger partial charge in [-0.05, 0) is 107 Å². The van der Waals surface area contributed by atoms with E-state index in [0.29, 0.717) is 34.5 Å². The van der Waals surface area contributed by atoms with Gasteiger partial charge in [0.15, 0.2) is 0 Å². The van der Waals surface area contributed by atoms with Crippen molar-refractivity contribution in [1.82, 2.24) is 20.5 Å². The number of aromatic nitrogens is 1. The van der Waals surface area contributed by atoms with Gasteiger partial charge in [-0.1, -0.05) is 12.1 Å². The average molecular weight is 667 g/mol. The number of primary amides is 1. The Kier molecular flexibility index (Phi) is 10.1. The van der Waals surface area contributed by atoms with Crippen LogP contribution in [0.3, 0.4) is 0 Å². The number of nitrogens with one attached hydrogen (secondary N) is 3. The number of carbonyl (C=O) groups excluding carboxylic acids is 3. The van der Waals surface area contributed by atoms with Crippen molar-refractivity contribution < 1.29 is 14.4 Å². The molecule has 0 spiro atoms. The van der Waals surface area contributed by atoms with Gasteiger partial charge in [0.1, 0.15) is 5.82 Å². The second-order valence-electron chi connectivity index (χ2n) is 13.9. The molecule has 2 aromatic carbocycles. The van der Waals surface area contributed by atoms with E-state index in [4.69, 9.17) is 10.7 Å². The molecule has 0 aliphatic carbocycles. The summed E-state index contributed by atoms with van der Waals surface area (Å²) >= 11 is 0. The normalized spacial score (nSPS) is 21.3. The van der Waals surface area contributed by atoms with Gasteiger partial charge in [-0.3, -0.25) is 14.4 Å². The molecule has 0 saturated carbocycles. The Morgan fingerprint density at radius 3 is 2.22 bits per heavy atom. The number of amides is 3. The Morgan fingerprint density at radius 2 is 1.63 bits per heavy atom. The summed E-state index contributed by atoms with van der Waals surface area (Å²) in [5.41, 5.74) is 11.5. The second-order valence-corrected chi connectivity index (χ2v) is 13.9. The highest BCUT2D eigenvalue weighted by Gasteiger charge is 2.42. The molecule has 6 rings (SSSR count). The first-order valence-corrected chi connectivity index (χ1v) is 17.6. The first-order valence-electron chi connectivity index (χ1n) is 17.6. The zero-order chi connectivity index (χ0) is 34.8. The molecule has 5 N–H and O–H groups in total. The fourth-order valence-electron chi connectivity index (χ4n) is 7.87. The van der Waals surface area contributed by atoms with Crippen LogP contribution in [0.2, 0.25) is 0 Å². The Hall–Kier alpha value is -4.64. The molecule has 0 radical (unpaired) electrons. The molecular formula is C38H50N8O3. The van der Waals surface area contributed by atoms with Gasteiger partial charge >= 0.3 is 0 Å². The van der Waals surface area contributed by atoms with Crippen LogP contribution in [0.5, 0.6) is 0 Å². The molecule has 2 unspecified atom stereocenters. The molecular weight excluding hydrogens is 616 g/mol. The second kappa shape index (κ2) is 14.5. The third kappa shape index (κ3) is 7.22. The van der Waals surface area contributed by atoms with E-state index in [0.717, 1.165) is 68.8 Å². The van der Waals surface area contributed by atoms with Gasteiger partial charge in [-0.2, -0.15) is 0 Å². The maximum absolute atomic E-state index is 13.5. The van der Waals surface area contributed by atoms with Gasteiger partial charge in [-0.25, -0.2) is 4.98 Å². The number of nitrogens with zero attached hydrogens (tertiary/aromatic N) is 4. The Bertz CT molecular complexity index is 1670. The van der Waals surface area contributed by atoms with Gasteiger partial charge < -0.3 is 36.4 Å². The van der Waals surface area contributed by atoms with Crippen LogP contribution in [0.25, 0.3) is 0 Å². The van der Waals surface area contributed by atoms with Crippen LogP contribution in [0.4, 0.5) is 17.2 Å². The quantitative estimate of drug-likeness (QED) is 0.250. The Morgan fingerprint density at radius 1 is 0.959 bits per heavy atom. The van der Waals surface area contributed by atoms with Gasteiger partial charge in [-0.15, -0.1) is 0 Å². The summed E-state index contributed by atoms with van der Waals surface area (Å²) in [6, 6.07) is 14.5. The van der Waals surface area contributed by atoms with Crippen LogP contribution < -0.4 is 31.5 Å². The lowest BCUT2D eigenvalue weighted by Gasteiger charge is -2.40. The third-order valence-electron chi connectivity index (χ3n) is 10.6. The topological polar surface area (TPSA) is 136 Å². The number of likely N-dealkylation sites (N-methyl/N-ethyl adjacent to an activating group) is 1. The summed E-state index contributed by atoms with van der Waals surface area (Å²) in [5.74, 6) is 0.0740. The largest absolute Gasteiger partial charge is 0.384 e. The number of rotatable bonds is 10. The van der Waals surface area contributed by atoms with E-state index in [9.17, 15) is 14.4 Å². The molecule has 11 nitrogen and oxygen atoms in total. The minimum atomic E-state index is -0.508. The maximum atomic E-state index is 13.5. The zero-order valence-electron chi connectivity index (χ0n) is 29.4. The maximum Gasteiger partial charge on any atom is 0.253 e. The monoisotopic (exact) mass is 666 g/mol. The van der Waals surface area contributed by atoms with Crippen molar-refractivity contribution in [2.45, 2.75) is 77.5 Å². The van der Waals surface area contributed by atoms with Crippen LogP contribution >= 0.6 is 0 Å². The van der Waals surface area contributed by atoms with Gasteiger partial charge in [0, 0.05) is 68.3 Å². The number of aryl methyl sites for hydroxylation is 1. The predicted molar refractivity (Wildman–Crippen MR) is 195 cm³/mol. The summed E-state index contributed by atoms with van der Waals surface area (Å²) in [7, 11) is 2.16. The van der Waals surface area contributed by atoms with Crippen LogP contribution in [0.15, 0.2) is 48.7 Å². The van der Waals surface area contributed by atoms with Crippen molar-refractivity contribution in [2.24, 2.45) is 5.73 Å². The molecule has 3 aliphatic rings. The lowest BCUT2D eigenvalue weighted by molar-refractivity contribution is 0.0921. The summed E-state index contributed by atoms with van der Waals surface area (Å²) < 4.78 is 0. The minimum absolute atomic E-state index is 0.0292. The van der Waals surface area contributed by atoms with Crippen LogP contribution in [-0.2, 0) is 0 Å². The molecule has 3 aliphatic heterocycles. The number of piperidine rings is 1. The van der Waals surface area contributed by atoms with E-state index in [1.165, 1.54) is 5.69 Å². The number of pyridine rings is 1. The summed E-state index contributed by atoms with van der Waals surface area (Å²) in [6.45, 7) is 12.4. The van der Waals surface area contributed by atoms with Crippen molar-refractivity contribution in [3.63, 3.8) is 0 Å². The molecule has 4 heterocycles. The SMILES string of the molecule is CCNc1c(C)c(C(=O)NC2CC3CCC(C2)N3c2ccc(C(=O)N[C@@H](C)c3ccc(N4CCN(C)CC4)cc3)cn2)cc(C)c1C(N)=O. The molecule has 3 amide bonds. The van der Waals surface area contributed by atoms with Crippen LogP contribution in [0.1, 0.15) is 93.3 Å². The highest BCUT2D eigenvalue weighted by Crippen LogP contribution is 2.39. The molecule has 11 heteroatoms. The van der Waals surface area contributed by atoms with E-state index in [2.05, 4.69) is 62.0 Å². The lowest BCUT2D eigenvalue weighted by Crippen LogP contribution is -2.51. The highest BCUT2D eigenvalue weighted by atomic mass is 16.2. The Labute approximate surface area is 289 Å². The number of fused-ring (bicyclic) bond motifs is 2. The highest BCUT2D eigenvalue weighted by molar-refractivity contribution is 6.05. The van der Waals surface area contributed by atoms with E-state index in [-0.39, 0.29) is 36.0 Å². The van der Waals surface area contributed by atoms with Crippen molar-refractivity contribution >= 4 is 34.9 Å². The summed E-state index contributed by atoms with van der Waals surface area (Å²) in [4.78, 5) is 50.7. The van der Waals surface area contributed by atoms with E-state index < -0.39 is 5.91 Å². The molecule has 3 saturated heterocycles. The lowest BCUT2D eigenvalue weighted by atomic mass is 9.94. The van der Waals surface area contributed by atoms with Crippen LogP contribution in [-0.4, -0.2) is 85.5 Å². The first-order chi connectivity index (χ1) is 23.5. The van der Waals surface area contributed by atoms with Gasteiger partial charge in [0.2, 0.25) is 0 Å². The van der Waals surface area contributed by atoms with E-state index in [1.54, 1.807) is 12.3 Å². The fourth-order valence-corrected chi connectivity index (χ4v) is 7.87. The first kappa shape index (κ1) is 34.2. The van der Waals surface area contributed by atoms with E-state index >= 15 is 0 Å². The smallest absolute Gasteiger partial charge is 0.253 e. The van der Waals surface area contributed by atoms with Crippen molar-refractivity contribution in [3.05, 3.63) is 82.0 Å². The van der Waals surface area contributed by atoms with Gasteiger partial charge in [0.25, 0.3) is 17.7 Å². The van der Waals surface area contributed by atoms with Crippen molar-refractivity contribution in [1.29, 1.82) is 0 Å². The minimum Gasteiger partial charge on any atom is -0.384 e. The predicted octanol–water partition coefficient (Wildman–Crippen LogP) is 4.40. The van der Waals surface area contributed by atoms with Crippen molar-refractivity contribution in [3.8, 4) is 0 Å². The number of anilines is 3. The van der Waals surface area contributed by atoms with E-state index in [1.807, 2.05) is 39.8 Å². The Balaban J connectivity index is 1.05.